The zero-order valence-electron chi connectivity index (χ0n) is 13.0. The molecule has 0 unspecified atom stereocenters. The molecule has 0 aliphatic rings. The zero-order valence-corrected chi connectivity index (χ0v) is 13.0. The Balaban J connectivity index is 0.000000315. The number of carboxylic acid groups (broad SMARTS) is 1. The highest BCUT2D eigenvalue weighted by Gasteiger charge is 2.13. The van der Waals surface area contributed by atoms with Crippen molar-refractivity contribution >= 4 is 16.7 Å². The summed E-state index contributed by atoms with van der Waals surface area (Å²) < 4.78 is 5.91. The highest BCUT2D eigenvalue weighted by molar-refractivity contribution is 5.88. The number of rotatable bonds is 2. The lowest BCUT2D eigenvalue weighted by Crippen LogP contribution is -2.23. The third-order valence-electron chi connectivity index (χ3n) is 2.53. The van der Waals surface area contributed by atoms with Gasteiger partial charge in [0.05, 0.1) is 0 Å². The van der Waals surface area contributed by atoms with Crippen LogP contribution in [0.2, 0.25) is 0 Å². The van der Waals surface area contributed by atoms with Crippen molar-refractivity contribution in [3.05, 3.63) is 54.6 Å². The first-order chi connectivity index (χ1) is 9.70. The maximum Gasteiger partial charge on any atom is 0.330 e. The van der Waals surface area contributed by atoms with Gasteiger partial charge >= 0.3 is 5.97 Å². The molecule has 2 aromatic rings. The van der Waals surface area contributed by atoms with Gasteiger partial charge in [0.15, 0.2) is 0 Å². The average Bonchev–Trinajstić information content (AvgIpc) is 2.38. The van der Waals surface area contributed by atoms with E-state index in [1.807, 2.05) is 24.3 Å². The minimum atomic E-state index is -0.935. The fourth-order valence-electron chi connectivity index (χ4n) is 1.61. The van der Waals surface area contributed by atoms with Gasteiger partial charge in [-0.1, -0.05) is 43.0 Å². The number of hydrogen-bond acceptors (Lipinski definition) is 2. The third-order valence-corrected chi connectivity index (χ3v) is 2.53. The molecule has 2 aromatic carbocycles. The molecular formula is C18H22O3. The van der Waals surface area contributed by atoms with E-state index in [0.717, 1.165) is 5.75 Å². The molecule has 2 rings (SSSR count). The van der Waals surface area contributed by atoms with Crippen LogP contribution in [0.4, 0.5) is 0 Å². The highest BCUT2D eigenvalue weighted by atomic mass is 16.5. The quantitative estimate of drug-likeness (QED) is 0.816. The second kappa shape index (κ2) is 6.93. The van der Waals surface area contributed by atoms with Crippen molar-refractivity contribution in [1.29, 1.82) is 0 Å². The number of carboxylic acids is 1. The van der Waals surface area contributed by atoms with E-state index in [0.29, 0.717) is 0 Å². The number of fused-ring (bicyclic) bond motifs is 1. The van der Waals surface area contributed by atoms with Gasteiger partial charge in [-0.25, -0.2) is 4.79 Å². The lowest BCUT2D eigenvalue weighted by molar-refractivity contribution is -0.132. The summed E-state index contributed by atoms with van der Waals surface area (Å²) in [6.45, 7) is 10.8. The summed E-state index contributed by atoms with van der Waals surface area (Å²) >= 11 is 0. The molecule has 0 heterocycles. The van der Waals surface area contributed by atoms with E-state index in [1.165, 1.54) is 17.7 Å². The monoisotopic (exact) mass is 286 g/mol. The van der Waals surface area contributed by atoms with Gasteiger partial charge in [-0.15, -0.1) is 0 Å². The molecule has 0 aliphatic heterocycles. The number of aliphatic carboxylic acids is 1. The Bertz CT molecular complexity index is 619. The smallest absolute Gasteiger partial charge is 0.330 e. The Morgan fingerprint density at radius 1 is 1.10 bits per heavy atom. The topological polar surface area (TPSA) is 46.5 Å². The largest absolute Gasteiger partial charge is 0.488 e. The fourth-order valence-corrected chi connectivity index (χ4v) is 1.61. The van der Waals surface area contributed by atoms with E-state index in [2.05, 4.69) is 45.5 Å². The molecule has 21 heavy (non-hydrogen) atoms. The lowest BCUT2D eigenvalue weighted by atomic mass is 10.1. The number of hydrogen-bond donors (Lipinski definition) is 1. The van der Waals surface area contributed by atoms with Gasteiger partial charge in [0.25, 0.3) is 0 Å². The Morgan fingerprint density at radius 3 is 2.14 bits per heavy atom. The molecule has 1 N–H and O–H groups in total. The number of ether oxygens (including phenoxy) is 1. The first-order valence-corrected chi connectivity index (χ1v) is 6.76. The third kappa shape index (κ3) is 5.69. The fraction of sp³-hybridized carbons (Fsp3) is 0.278. The Kier molecular flexibility index (Phi) is 5.53. The molecule has 0 spiro atoms. The van der Waals surface area contributed by atoms with Crippen molar-refractivity contribution in [3.8, 4) is 5.75 Å². The summed E-state index contributed by atoms with van der Waals surface area (Å²) in [7, 11) is 0. The van der Waals surface area contributed by atoms with Crippen LogP contribution in [-0.2, 0) is 4.79 Å². The second-order valence-corrected chi connectivity index (χ2v) is 5.78. The molecule has 112 valence electrons. The van der Waals surface area contributed by atoms with Gasteiger partial charge in [-0.05, 0) is 39.1 Å². The Hall–Kier alpha value is -2.29. The van der Waals surface area contributed by atoms with Gasteiger partial charge in [0.2, 0.25) is 0 Å². The number of carbonyl (C=O) groups is 1. The molecule has 0 atom stereocenters. The van der Waals surface area contributed by atoms with Crippen LogP contribution >= 0.6 is 0 Å². The molecule has 0 bridgehead atoms. The van der Waals surface area contributed by atoms with Crippen LogP contribution in [0.1, 0.15) is 27.7 Å². The molecule has 0 radical (unpaired) electrons. The van der Waals surface area contributed by atoms with Crippen molar-refractivity contribution in [3.63, 3.8) is 0 Å². The van der Waals surface area contributed by atoms with Crippen LogP contribution in [-0.4, -0.2) is 16.7 Å². The van der Waals surface area contributed by atoms with Gasteiger partial charge in [0, 0.05) is 11.0 Å². The van der Waals surface area contributed by atoms with Crippen LogP contribution in [0.3, 0.4) is 0 Å². The highest BCUT2D eigenvalue weighted by Crippen LogP contribution is 2.28. The van der Waals surface area contributed by atoms with Gasteiger partial charge in [0.1, 0.15) is 11.4 Å². The van der Waals surface area contributed by atoms with E-state index < -0.39 is 5.97 Å². The lowest BCUT2D eigenvalue weighted by Gasteiger charge is -2.22. The summed E-state index contributed by atoms with van der Waals surface area (Å²) in [5, 5.41) is 10.3. The molecule has 0 aromatic heterocycles. The normalized spacial score (nSPS) is 10.5. The first-order valence-electron chi connectivity index (χ1n) is 6.76. The van der Waals surface area contributed by atoms with Gasteiger partial charge < -0.3 is 9.84 Å². The molecule has 0 saturated carbocycles. The number of benzene rings is 2. The Morgan fingerprint density at radius 2 is 1.62 bits per heavy atom. The molecule has 0 aliphatic carbocycles. The van der Waals surface area contributed by atoms with Crippen molar-refractivity contribution in [2.75, 3.05) is 0 Å². The zero-order chi connectivity index (χ0) is 16.0. The summed E-state index contributed by atoms with van der Waals surface area (Å²) in [4.78, 5) is 9.60. The van der Waals surface area contributed by atoms with E-state index in [9.17, 15) is 4.79 Å². The van der Waals surface area contributed by atoms with Crippen LogP contribution in [0.5, 0.6) is 5.75 Å². The van der Waals surface area contributed by atoms with Crippen molar-refractivity contribution < 1.29 is 14.6 Å². The minimum absolute atomic E-state index is 0.149. The predicted molar refractivity (Wildman–Crippen MR) is 86.8 cm³/mol. The maximum absolute atomic E-state index is 9.60. The van der Waals surface area contributed by atoms with Gasteiger partial charge in [-0.2, -0.15) is 0 Å². The predicted octanol–water partition coefficient (Wildman–Crippen LogP) is 4.66. The average molecular weight is 286 g/mol. The standard InChI is InChI=1S/C14H16O.C4H6O2/c1-14(2,3)15-13-10-6-8-11-7-4-5-9-12(11)13;1-3(2)4(5)6/h4-10H,1-3H3;1H2,2H3,(H,5,6). The minimum Gasteiger partial charge on any atom is -0.488 e. The first kappa shape index (κ1) is 16.8. The summed E-state index contributed by atoms with van der Waals surface area (Å²) in [5.74, 6) is 0.0237. The Labute approximate surface area is 125 Å². The molecule has 0 saturated heterocycles. The molecule has 3 heteroatoms. The SMILES string of the molecule is C=C(C)C(=O)O.CC(C)(C)Oc1cccc2ccccc12. The van der Waals surface area contributed by atoms with Crippen molar-refractivity contribution in [1.82, 2.24) is 0 Å². The molecule has 0 fully saturated rings. The van der Waals surface area contributed by atoms with Crippen LogP contribution < -0.4 is 4.74 Å². The second-order valence-electron chi connectivity index (χ2n) is 5.78. The van der Waals surface area contributed by atoms with E-state index in [-0.39, 0.29) is 11.2 Å². The van der Waals surface area contributed by atoms with E-state index in [4.69, 9.17) is 9.84 Å². The van der Waals surface area contributed by atoms with E-state index >= 15 is 0 Å². The molecular weight excluding hydrogens is 264 g/mol. The van der Waals surface area contributed by atoms with Crippen LogP contribution in [0, 0.1) is 0 Å². The van der Waals surface area contributed by atoms with Crippen molar-refractivity contribution in [2.45, 2.75) is 33.3 Å². The van der Waals surface area contributed by atoms with E-state index in [1.54, 1.807) is 0 Å². The maximum atomic E-state index is 9.60. The molecule has 3 nitrogen and oxygen atoms in total. The summed E-state index contributed by atoms with van der Waals surface area (Å²) in [6.07, 6.45) is 0. The van der Waals surface area contributed by atoms with Crippen LogP contribution in [0.25, 0.3) is 10.8 Å². The van der Waals surface area contributed by atoms with Crippen molar-refractivity contribution in [2.24, 2.45) is 0 Å². The summed E-state index contributed by atoms with van der Waals surface area (Å²) in [5.41, 5.74) is 0.0272. The van der Waals surface area contributed by atoms with Crippen LogP contribution in [0.15, 0.2) is 54.6 Å². The molecule has 0 amide bonds. The van der Waals surface area contributed by atoms with Gasteiger partial charge in [-0.3, -0.25) is 0 Å². The summed E-state index contributed by atoms with van der Waals surface area (Å²) in [6, 6.07) is 14.4.